The number of carbonyl (C=O) groups excluding carboxylic acids is 2. The van der Waals surface area contributed by atoms with Gasteiger partial charge in [-0.15, -0.1) is 0 Å². The number of nitrogens with one attached hydrogen (secondary N) is 1. The number of rotatable bonds is 10. The molecule has 52 heavy (non-hydrogen) atoms. The molecule has 5 aliphatic rings. The molecule has 0 radical (unpaired) electrons. The van der Waals surface area contributed by atoms with Crippen molar-refractivity contribution in [2.75, 3.05) is 6.54 Å². The summed E-state index contributed by atoms with van der Waals surface area (Å²) in [5.41, 5.74) is 1.35. The molecular formula is C43H65N3O6. The minimum atomic E-state index is -1.17. The van der Waals surface area contributed by atoms with Gasteiger partial charge in [-0.05, 0) is 118 Å². The maximum Gasteiger partial charge on any atom is 0.309 e. The third kappa shape index (κ3) is 5.90. The number of aliphatic carboxylic acids is 1. The highest BCUT2D eigenvalue weighted by molar-refractivity contribution is 6.00. The van der Waals surface area contributed by atoms with Crippen molar-refractivity contribution < 1.29 is 29.3 Å². The van der Waals surface area contributed by atoms with Gasteiger partial charge in [0.25, 0.3) is 0 Å². The van der Waals surface area contributed by atoms with Crippen molar-refractivity contribution in [1.82, 2.24) is 15.3 Å². The van der Waals surface area contributed by atoms with Gasteiger partial charge >= 0.3 is 11.9 Å². The Bertz CT molecular complexity index is 1600. The van der Waals surface area contributed by atoms with Crippen LogP contribution in [0.3, 0.4) is 0 Å². The molecule has 4 fully saturated rings. The second kappa shape index (κ2) is 13.3. The van der Waals surface area contributed by atoms with E-state index in [2.05, 4.69) is 70.7 Å². The number of carbonyl (C=O) groups is 3. The molecule has 0 bridgehead atoms. The number of esters is 1. The molecule has 288 valence electrons. The van der Waals surface area contributed by atoms with Gasteiger partial charge in [-0.3, -0.25) is 14.4 Å². The van der Waals surface area contributed by atoms with E-state index in [0.717, 1.165) is 62.5 Å². The van der Waals surface area contributed by atoms with Crippen molar-refractivity contribution in [2.24, 2.45) is 56.2 Å². The fraction of sp³-hybridized carbons (Fsp3) is 0.791. The molecule has 0 saturated heterocycles. The van der Waals surface area contributed by atoms with Gasteiger partial charge in [-0.2, -0.15) is 0 Å². The number of aliphatic hydroxyl groups is 1. The lowest BCUT2D eigenvalue weighted by atomic mass is 9.33. The van der Waals surface area contributed by atoms with Crippen LogP contribution in [0.1, 0.15) is 145 Å². The maximum atomic E-state index is 14.0. The molecule has 1 aromatic heterocycles. The predicted molar refractivity (Wildman–Crippen MR) is 200 cm³/mol. The van der Waals surface area contributed by atoms with E-state index in [4.69, 9.17) is 4.74 Å². The van der Waals surface area contributed by atoms with E-state index in [1.807, 2.05) is 0 Å². The summed E-state index contributed by atoms with van der Waals surface area (Å²) in [6, 6.07) is -0.0278. The first-order valence-corrected chi connectivity index (χ1v) is 20.0. The molecule has 10 atom stereocenters. The Morgan fingerprint density at radius 1 is 0.942 bits per heavy atom. The van der Waals surface area contributed by atoms with Crippen molar-refractivity contribution in [3.63, 3.8) is 0 Å². The molecule has 6 rings (SSSR count). The Morgan fingerprint density at radius 2 is 1.62 bits per heavy atom. The van der Waals surface area contributed by atoms with Crippen LogP contribution in [0.5, 0.6) is 0 Å². The van der Waals surface area contributed by atoms with Gasteiger partial charge in [0.05, 0.1) is 17.9 Å². The Morgan fingerprint density at radius 3 is 2.25 bits per heavy atom. The third-order valence-corrected chi connectivity index (χ3v) is 16.2. The second-order valence-corrected chi connectivity index (χ2v) is 19.9. The molecule has 1 aromatic rings. The van der Waals surface area contributed by atoms with E-state index in [0.29, 0.717) is 24.8 Å². The lowest BCUT2D eigenvalue weighted by molar-refractivity contribution is -0.235. The number of ether oxygens (including phenoxy) is 1. The summed E-state index contributed by atoms with van der Waals surface area (Å²) >= 11 is 0. The predicted octanol–water partition coefficient (Wildman–Crippen LogP) is 7.88. The van der Waals surface area contributed by atoms with Crippen molar-refractivity contribution in [1.29, 1.82) is 0 Å². The van der Waals surface area contributed by atoms with E-state index in [-0.39, 0.29) is 57.8 Å². The Kier molecular flexibility index (Phi) is 9.97. The smallest absolute Gasteiger partial charge is 0.309 e. The van der Waals surface area contributed by atoms with Crippen molar-refractivity contribution >= 4 is 17.7 Å². The van der Waals surface area contributed by atoms with Gasteiger partial charge in [0.2, 0.25) is 0 Å². The molecule has 0 aliphatic heterocycles. The molecular weight excluding hydrogens is 654 g/mol. The summed E-state index contributed by atoms with van der Waals surface area (Å²) in [5.74, 6) is -0.00154. The number of aliphatic hydroxyl groups excluding tert-OH is 1. The zero-order valence-electron chi connectivity index (χ0n) is 33.5. The fourth-order valence-electron chi connectivity index (χ4n) is 13.0. The second-order valence-electron chi connectivity index (χ2n) is 19.9. The molecule has 9 nitrogen and oxygen atoms in total. The van der Waals surface area contributed by atoms with Crippen molar-refractivity contribution in [2.45, 2.75) is 152 Å². The third-order valence-electron chi connectivity index (χ3n) is 16.2. The normalized spacial score (nSPS) is 38.1. The van der Waals surface area contributed by atoms with E-state index in [1.54, 1.807) is 26.2 Å². The molecule has 0 amide bonds. The number of hydrogen-bond donors (Lipinski definition) is 3. The number of carboxylic acids is 1. The summed E-state index contributed by atoms with van der Waals surface area (Å²) in [4.78, 5) is 47.2. The van der Waals surface area contributed by atoms with Crippen molar-refractivity contribution in [3.05, 3.63) is 35.4 Å². The number of carboxylic acid groups (broad SMARTS) is 1. The molecule has 1 heterocycles. The number of fused-ring (bicyclic) bond motifs is 7. The van der Waals surface area contributed by atoms with E-state index >= 15 is 0 Å². The minimum absolute atomic E-state index is 0.0226. The minimum Gasteiger partial charge on any atom is -0.481 e. The van der Waals surface area contributed by atoms with Gasteiger partial charge in [0.1, 0.15) is 12.4 Å². The fourth-order valence-corrected chi connectivity index (χ4v) is 13.0. The largest absolute Gasteiger partial charge is 0.481 e. The molecule has 9 heteroatoms. The van der Waals surface area contributed by atoms with Crippen LogP contribution < -0.4 is 5.32 Å². The molecule has 5 aliphatic carbocycles. The SMILES string of the molecule is CC(C)C1=C2C3CCC4C5(C)CCC(OC(=O)CC(C)(C)C(=O)O)C(C)(C)C5CCC4(C)C3(C)CCC2(C(O)CNC(C)c2cncnc2)CC1=O. The number of allylic oxidation sites excluding steroid dienone is 1. The summed E-state index contributed by atoms with van der Waals surface area (Å²) in [6.07, 6.45) is 12.2. The van der Waals surface area contributed by atoms with Gasteiger partial charge in [0.15, 0.2) is 5.78 Å². The average Bonchev–Trinajstić information content (AvgIpc) is 3.38. The van der Waals surface area contributed by atoms with Crippen LogP contribution in [0.15, 0.2) is 29.9 Å². The lowest BCUT2D eigenvalue weighted by Crippen LogP contribution is -2.66. The summed E-state index contributed by atoms with van der Waals surface area (Å²) in [6.45, 7) is 22.1. The van der Waals surface area contributed by atoms with E-state index in [9.17, 15) is 24.6 Å². The van der Waals surface area contributed by atoms with Crippen LogP contribution in [0, 0.1) is 56.2 Å². The van der Waals surface area contributed by atoms with Gasteiger partial charge in [-0.25, -0.2) is 9.97 Å². The average molecular weight is 720 g/mol. The highest BCUT2D eigenvalue weighted by Gasteiger charge is 2.70. The number of nitrogens with zero attached hydrogens (tertiary/aromatic N) is 2. The molecule has 3 N–H and O–H groups in total. The number of hydrogen-bond acceptors (Lipinski definition) is 8. The standard InChI is InChI=1S/C43H65N3O6/c1-25(2)35-29(47)19-43(32(48)23-46-26(3)27-21-44-24-45-22-27)18-17-41(9)28(36(35)43)11-12-31-40(8)15-14-33(52-34(49)20-38(4,5)37(50)51)39(6,7)30(40)13-16-42(31,41)10/h21-22,24-26,28,30-33,46,48H,11-20,23H2,1-10H3,(H,50,51). The van der Waals surface area contributed by atoms with Crippen LogP contribution in [0.2, 0.25) is 0 Å². The first-order chi connectivity index (χ1) is 24.2. The number of ketones is 1. The van der Waals surface area contributed by atoms with Crippen LogP contribution in [0.25, 0.3) is 0 Å². The molecule has 10 unspecified atom stereocenters. The number of aromatic nitrogens is 2. The van der Waals surface area contributed by atoms with Gasteiger partial charge < -0.3 is 20.3 Å². The molecule has 0 spiro atoms. The first-order valence-electron chi connectivity index (χ1n) is 20.0. The van der Waals surface area contributed by atoms with Crippen LogP contribution in [-0.2, 0) is 19.1 Å². The zero-order chi connectivity index (χ0) is 38.2. The summed E-state index contributed by atoms with van der Waals surface area (Å²) < 4.78 is 6.16. The van der Waals surface area contributed by atoms with Crippen LogP contribution >= 0.6 is 0 Å². The summed E-state index contributed by atoms with van der Waals surface area (Å²) in [5, 5.41) is 25.4. The monoisotopic (exact) mass is 719 g/mol. The van der Waals surface area contributed by atoms with E-state index in [1.165, 1.54) is 11.9 Å². The Labute approximate surface area is 311 Å². The number of Topliss-reactive ketones (excluding diaryl/α,β-unsaturated/α-hetero) is 1. The Balaban J connectivity index is 1.27. The maximum absolute atomic E-state index is 14.0. The van der Waals surface area contributed by atoms with E-state index < -0.39 is 28.9 Å². The molecule has 4 saturated carbocycles. The summed E-state index contributed by atoms with van der Waals surface area (Å²) in [7, 11) is 0. The molecule has 0 aromatic carbocycles. The van der Waals surface area contributed by atoms with Crippen LogP contribution in [0.4, 0.5) is 0 Å². The highest BCUT2D eigenvalue weighted by Crippen LogP contribution is 2.77. The van der Waals surface area contributed by atoms with Crippen LogP contribution in [-0.4, -0.2) is 56.7 Å². The van der Waals surface area contributed by atoms with Crippen molar-refractivity contribution in [3.8, 4) is 0 Å². The Hall–Kier alpha value is -2.65. The topological polar surface area (TPSA) is 139 Å². The van der Waals surface area contributed by atoms with Gasteiger partial charge in [-0.1, -0.05) is 54.0 Å². The van der Waals surface area contributed by atoms with Gasteiger partial charge in [0, 0.05) is 47.8 Å². The first kappa shape index (κ1) is 39.1. The quantitative estimate of drug-likeness (QED) is 0.206. The zero-order valence-corrected chi connectivity index (χ0v) is 33.5. The highest BCUT2D eigenvalue weighted by atomic mass is 16.5. The lowest BCUT2D eigenvalue weighted by Gasteiger charge is -2.72.